The zero-order valence-electron chi connectivity index (χ0n) is 9.13. The number of benzene rings is 1. The molecule has 1 aromatic carbocycles. The van der Waals surface area contributed by atoms with Gasteiger partial charge in [-0.2, -0.15) is 0 Å². The van der Waals surface area contributed by atoms with Crippen molar-refractivity contribution < 1.29 is 9.63 Å². The summed E-state index contributed by atoms with van der Waals surface area (Å²) >= 11 is 2.25. The Kier molecular flexibility index (Phi) is 3.81. The van der Waals surface area contributed by atoms with E-state index in [0.717, 1.165) is 9.13 Å². The first-order valence-electron chi connectivity index (χ1n) is 5.35. The van der Waals surface area contributed by atoms with Gasteiger partial charge in [-0.05, 0) is 72.0 Å². The third-order valence-corrected chi connectivity index (χ3v) is 3.81. The highest BCUT2D eigenvalue weighted by molar-refractivity contribution is 14.1. The van der Waals surface area contributed by atoms with Crippen molar-refractivity contribution in [1.82, 2.24) is 5.48 Å². The van der Waals surface area contributed by atoms with E-state index in [1.54, 1.807) is 0 Å². The van der Waals surface area contributed by atoms with Crippen molar-refractivity contribution in [2.75, 3.05) is 6.61 Å². The lowest BCUT2D eigenvalue weighted by atomic mass is 10.1. The van der Waals surface area contributed by atoms with Crippen molar-refractivity contribution in [2.45, 2.75) is 19.8 Å². The maximum atomic E-state index is 11.7. The Balaban J connectivity index is 1.88. The van der Waals surface area contributed by atoms with Crippen LogP contribution in [0.1, 0.15) is 28.8 Å². The first-order chi connectivity index (χ1) is 7.66. The van der Waals surface area contributed by atoms with E-state index in [0.29, 0.717) is 18.1 Å². The molecule has 4 heteroatoms. The van der Waals surface area contributed by atoms with Crippen LogP contribution in [0.4, 0.5) is 0 Å². The summed E-state index contributed by atoms with van der Waals surface area (Å²) in [6, 6.07) is 5.62. The van der Waals surface area contributed by atoms with Gasteiger partial charge >= 0.3 is 0 Å². The van der Waals surface area contributed by atoms with Gasteiger partial charge in [0.2, 0.25) is 0 Å². The van der Waals surface area contributed by atoms with Gasteiger partial charge in [0.15, 0.2) is 0 Å². The SMILES string of the molecule is Cc1cc(C(=O)NOCC2CC2)ccc1I. The van der Waals surface area contributed by atoms with Gasteiger partial charge < -0.3 is 0 Å². The molecule has 0 atom stereocenters. The molecule has 2 rings (SSSR count). The second kappa shape index (κ2) is 5.14. The van der Waals surface area contributed by atoms with Gasteiger partial charge in [0.05, 0.1) is 6.61 Å². The van der Waals surface area contributed by atoms with Gasteiger partial charge in [-0.15, -0.1) is 0 Å². The molecule has 0 unspecified atom stereocenters. The maximum absolute atomic E-state index is 11.7. The van der Waals surface area contributed by atoms with Crippen molar-refractivity contribution in [2.24, 2.45) is 5.92 Å². The summed E-state index contributed by atoms with van der Waals surface area (Å²) in [4.78, 5) is 16.8. The average Bonchev–Trinajstić information content (AvgIpc) is 3.06. The third-order valence-electron chi connectivity index (χ3n) is 2.60. The summed E-state index contributed by atoms with van der Waals surface area (Å²) in [7, 11) is 0. The lowest BCUT2D eigenvalue weighted by Gasteiger charge is -2.06. The second-order valence-corrected chi connectivity index (χ2v) is 5.31. The fraction of sp³-hybridized carbons (Fsp3) is 0.417. The number of hydroxylamine groups is 1. The Morgan fingerprint density at radius 3 is 2.94 bits per heavy atom. The molecular weight excluding hydrogens is 317 g/mol. The molecular formula is C12H14INO2. The van der Waals surface area contributed by atoms with Crippen molar-refractivity contribution >= 4 is 28.5 Å². The Morgan fingerprint density at radius 1 is 1.56 bits per heavy atom. The summed E-state index contributed by atoms with van der Waals surface area (Å²) in [5, 5.41) is 0. The van der Waals surface area contributed by atoms with E-state index in [-0.39, 0.29) is 5.91 Å². The van der Waals surface area contributed by atoms with Crippen LogP contribution in [-0.2, 0) is 4.84 Å². The fourth-order valence-electron chi connectivity index (χ4n) is 1.35. The summed E-state index contributed by atoms with van der Waals surface area (Å²) in [5.74, 6) is 0.485. The Labute approximate surface area is 109 Å². The second-order valence-electron chi connectivity index (χ2n) is 4.15. The van der Waals surface area contributed by atoms with Gasteiger partial charge in [-0.3, -0.25) is 9.63 Å². The summed E-state index contributed by atoms with van der Waals surface area (Å²) < 4.78 is 1.16. The van der Waals surface area contributed by atoms with Gasteiger partial charge in [-0.25, -0.2) is 5.48 Å². The Hall–Kier alpha value is -0.620. The van der Waals surface area contributed by atoms with E-state index >= 15 is 0 Å². The fourth-order valence-corrected chi connectivity index (χ4v) is 1.69. The number of halogens is 1. The van der Waals surface area contributed by atoms with Crippen LogP contribution in [0.25, 0.3) is 0 Å². The van der Waals surface area contributed by atoms with Crippen LogP contribution >= 0.6 is 22.6 Å². The summed E-state index contributed by atoms with van der Waals surface area (Å²) in [6.07, 6.45) is 2.44. The van der Waals surface area contributed by atoms with Crippen LogP contribution in [0.5, 0.6) is 0 Å². The zero-order chi connectivity index (χ0) is 11.5. The highest BCUT2D eigenvalue weighted by atomic mass is 127. The van der Waals surface area contributed by atoms with E-state index in [2.05, 4.69) is 28.1 Å². The van der Waals surface area contributed by atoms with Crippen molar-refractivity contribution in [3.63, 3.8) is 0 Å². The number of hydrogen-bond acceptors (Lipinski definition) is 2. The minimum absolute atomic E-state index is 0.167. The minimum Gasteiger partial charge on any atom is -0.273 e. The van der Waals surface area contributed by atoms with Crippen LogP contribution in [0.3, 0.4) is 0 Å². The zero-order valence-corrected chi connectivity index (χ0v) is 11.3. The minimum atomic E-state index is -0.167. The molecule has 3 nitrogen and oxygen atoms in total. The van der Waals surface area contributed by atoms with E-state index in [9.17, 15) is 4.79 Å². The summed E-state index contributed by atoms with van der Waals surface area (Å²) in [5.41, 5.74) is 4.23. The van der Waals surface area contributed by atoms with E-state index < -0.39 is 0 Å². The molecule has 1 aliphatic rings. The molecule has 1 aliphatic carbocycles. The standard InChI is InChI=1S/C12H14INO2/c1-8-6-10(4-5-11(8)13)12(15)14-16-7-9-2-3-9/h4-6,9H,2-3,7H2,1H3,(H,14,15). The van der Waals surface area contributed by atoms with Gasteiger partial charge in [-0.1, -0.05) is 0 Å². The Bertz CT molecular complexity index is 402. The predicted octanol–water partition coefficient (Wildman–Crippen LogP) is 2.67. The monoisotopic (exact) mass is 331 g/mol. The molecule has 1 saturated carbocycles. The topological polar surface area (TPSA) is 38.3 Å². The number of aryl methyl sites for hydroxylation is 1. The highest BCUT2D eigenvalue weighted by Gasteiger charge is 2.21. The van der Waals surface area contributed by atoms with E-state index in [1.807, 2.05) is 25.1 Å². The molecule has 86 valence electrons. The average molecular weight is 331 g/mol. The molecule has 0 bridgehead atoms. The lowest BCUT2D eigenvalue weighted by molar-refractivity contribution is 0.0270. The van der Waals surface area contributed by atoms with Crippen LogP contribution < -0.4 is 5.48 Å². The van der Waals surface area contributed by atoms with Crippen molar-refractivity contribution in [1.29, 1.82) is 0 Å². The molecule has 0 radical (unpaired) electrons. The number of nitrogens with one attached hydrogen (secondary N) is 1. The van der Waals surface area contributed by atoms with E-state index in [4.69, 9.17) is 4.84 Å². The van der Waals surface area contributed by atoms with Crippen LogP contribution in [0, 0.1) is 16.4 Å². The molecule has 0 saturated heterocycles. The largest absolute Gasteiger partial charge is 0.274 e. The molecule has 1 fully saturated rings. The van der Waals surface area contributed by atoms with Crippen molar-refractivity contribution in [3.05, 3.63) is 32.9 Å². The normalized spacial score (nSPS) is 14.9. The number of carbonyl (C=O) groups excluding carboxylic acids is 1. The molecule has 0 spiro atoms. The molecule has 1 amide bonds. The van der Waals surface area contributed by atoms with Gasteiger partial charge in [0, 0.05) is 9.13 Å². The first-order valence-corrected chi connectivity index (χ1v) is 6.43. The quantitative estimate of drug-likeness (QED) is 0.681. The molecule has 1 N–H and O–H groups in total. The third kappa shape index (κ3) is 3.18. The lowest BCUT2D eigenvalue weighted by Crippen LogP contribution is -2.24. The van der Waals surface area contributed by atoms with Crippen LogP contribution in [-0.4, -0.2) is 12.5 Å². The van der Waals surface area contributed by atoms with Gasteiger partial charge in [0.1, 0.15) is 0 Å². The molecule has 0 aromatic heterocycles. The maximum Gasteiger partial charge on any atom is 0.274 e. The molecule has 16 heavy (non-hydrogen) atoms. The smallest absolute Gasteiger partial charge is 0.273 e. The molecule has 1 aromatic rings. The number of hydrogen-bond donors (Lipinski definition) is 1. The highest BCUT2D eigenvalue weighted by Crippen LogP contribution is 2.28. The Morgan fingerprint density at radius 2 is 2.31 bits per heavy atom. The predicted molar refractivity (Wildman–Crippen MR) is 70.0 cm³/mol. The molecule has 0 aliphatic heterocycles. The first kappa shape index (κ1) is 11.9. The van der Waals surface area contributed by atoms with Crippen LogP contribution in [0.15, 0.2) is 18.2 Å². The van der Waals surface area contributed by atoms with Crippen LogP contribution in [0.2, 0.25) is 0 Å². The number of carbonyl (C=O) groups is 1. The number of amides is 1. The molecule has 0 heterocycles. The summed E-state index contributed by atoms with van der Waals surface area (Å²) in [6.45, 7) is 2.62. The van der Waals surface area contributed by atoms with Crippen molar-refractivity contribution in [3.8, 4) is 0 Å². The number of rotatable bonds is 4. The van der Waals surface area contributed by atoms with E-state index in [1.165, 1.54) is 12.8 Å². The van der Waals surface area contributed by atoms with Gasteiger partial charge in [0.25, 0.3) is 5.91 Å².